The number of likely N-dealkylation sites (N-methyl/N-ethyl adjacent to an activating group) is 1. The lowest BCUT2D eigenvalue weighted by molar-refractivity contribution is -0.715. The number of hydrogen-bond donors (Lipinski definition) is 0. The topological polar surface area (TPSA) is 51.7 Å². The van der Waals surface area contributed by atoms with E-state index in [0.29, 0.717) is 24.3 Å². The molecule has 124 valence electrons. The molecule has 24 heavy (non-hydrogen) atoms. The maximum absolute atomic E-state index is 13.2. The van der Waals surface area contributed by atoms with E-state index in [1.165, 1.54) is 28.7 Å². The van der Waals surface area contributed by atoms with Crippen molar-refractivity contribution in [1.82, 2.24) is 9.30 Å². The number of aromatic nitrogens is 2. The monoisotopic (exact) mass is 327 g/mol. The Balaban J connectivity index is 2.29. The molecule has 5 nitrogen and oxygen atoms in total. The number of halogens is 1. The molecule has 2 heterocycles. The third kappa shape index (κ3) is 2.88. The predicted molar refractivity (Wildman–Crippen MR) is 87.3 cm³/mol. The second-order valence-corrected chi connectivity index (χ2v) is 5.88. The van der Waals surface area contributed by atoms with Crippen LogP contribution in [0.3, 0.4) is 0 Å². The fourth-order valence-corrected chi connectivity index (χ4v) is 2.66. The van der Waals surface area contributed by atoms with Crippen LogP contribution in [0.1, 0.15) is 0 Å². The van der Waals surface area contributed by atoms with Crippen molar-refractivity contribution in [3.8, 4) is 17.0 Å². The van der Waals surface area contributed by atoms with Crippen molar-refractivity contribution >= 4 is 5.65 Å². The highest BCUT2D eigenvalue weighted by atomic mass is 19.1. The van der Waals surface area contributed by atoms with Gasteiger partial charge >= 0.3 is 5.56 Å². The van der Waals surface area contributed by atoms with E-state index in [4.69, 9.17) is 0 Å². The van der Waals surface area contributed by atoms with Crippen LogP contribution < -0.4 is 15.2 Å². The zero-order valence-corrected chi connectivity index (χ0v) is 13.6. The Kier molecular flexibility index (Phi) is 4.31. The summed E-state index contributed by atoms with van der Waals surface area (Å²) in [5.41, 5.74) is 0.615. The van der Waals surface area contributed by atoms with Gasteiger partial charge < -0.3 is 10.0 Å². The number of pyridine rings is 1. The van der Waals surface area contributed by atoms with Crippen LogP contribution in [0.2, 0.25) is 0 Å². The van der Waals surface area contributed by atoms with Crippen LogP contribution in [-0.2, 0) is 6.54 Å². The Hall–Kier alpha value is -2.73. The maximum Gasteiger partial charge on any atom is 0.349 e. The first kappa shape index (κ1) is 16.1. The predicted octanol–water partition coefficient (Wildman–Crippen LogP) is 1.03. The van der Waals surface area contributed by atoms with Crippen LogP contribution >= 0.6 is 0 Å². The Morgan fingerprint density at radius 2 is 1.88 bits per heavy atom. The summed E-state index contributed by atoms with van der Waals surface area (Å²) < 4.78 is 16.2. The normalized spacial score (nSPS) is 11.3. The summed E-state index contributed by atoms with van der Waals surface area (Å²) in [7, 11) is 3.84. The first-order valence-electron chi connectivity index (χ1n) is 7.64. The van der Waals surface area contributed by atoms with Crippen LogP contribution in [0.15, 0.2) is 53.5 Å². The van der Waals surface area contributed by atoms with Gasteiger partial charge in [-0.05, 0) is 37.9 Å². The Morgan fingerprint density at radius 1 is 1.17 bits per heavy atom. The van der Waals surface area contributed by atoms with Gasteiger partial charge in [0.05, 0.1) is 12.1 Å². The van der Waals surface area contributed by atoms with Crippen LogP contribution in [-0.4, -0.2) is 29.9 Å². The molecular weight excluding hydrogens is 309 g/mol. The average Bonchev–Trinajstić information content (AvgIpc) is 2.56. The van der Waals surface area contributed by atoms with E-state index in [9.17, 15) is 14.3 Å². The molecule has 3 aromatic rings. The molecule has 6 heteroatoms. The highest BCUT2D eigenvalue weighted by molar-refractivity contribution is 5.66. The SMILES string of the molecule is CN(C)CC[n+]1c([O-])c(-c2ccc(F)cc2)c(=O)n2ccccc21. The van der Waals surface area contributed by atoms with Gasteiger partial charge in [0.25, 0.3) is 5.65 Å². The Morgan fingerprint density at radius 3 is 2.54 bits per heavy atom. The summed E-state index contributed by atoms with van der Waals surface area (Å²) in [4.78, 5) is 14.7. The summed E-state index contributed by atoms with van der Waals surface area (Å²) in [6.45, 7) is 1.11. The molecule has 0 fully saturated rings. The van der Waals surface area contributed by atoms with E-state index >= 15 is 0 Å². The Bertz CT molecular complexity index is 933. The highest BCUT2D eigenvalue weighted by Gasteiger charge is 2.19. The molecule has 0 aliphatic heterocycles. The molecule has 0 saturated carbocycles. The molecule has 2 aromatic heterocycles. The summed E-state index contributed by atoms with van der Waals surface area (Å²) in [6, 6.07) is 10.7. The van der Waals surface area contributed by atoms with Gasteiger partial charge in [-0.25, -0.2) is 13.8 Å². The summed E-state index contributed by atoms with van der Waals surface area (Å²) >= 11 is 0. The van der Waals surface area contributed by atoms with Crippen molar-refractivity contribution in [2.75, 3.05) is 20.6 Å². The van der Waals surface area contributed by atoms with Crippen molar-refractivity contribution in [3.63, 3.8) is 0 Å². The zero-order valence-electron chi connectivity index (χ0n) is 13.6. The molecule has 0 bridgehead atoms. The molecule has 0 spiro atoms. The molecule has 0 unspecified atom stereocenters. The lowest BCUT2D eigenvalue weighted by Crippen LogP contribution is -2.46. The van der Waals surface area contributed by atoms with Gasteiger partial charge in [-0.3, -0.25) is 0 Å². The summed E-state index contributed by atoms with van der Waals surface area (Å²) in [6.07, 6.45) is 1.64. The van der Waals surface area contributed by atoms with Gasteiger partial charge in [0.1, 0.15) is 17.9 Å². The van der Waals surface area contributed by atoms with Crippen molar-refractivity contribution in [2.45, 2.75) is 6.54 Å². The van der Waals surface area contributed by atoms with Gasteiger partial charge in [0.2, 0.25) is 0 Å². The van der Waals surface area contributed by atoms with E-state index < -0.39 is 11.4 Å². The van der Waals surface area contributed by atoms with Gasteiger partial charge in [-0.2, -0.15) is 4.40 Å². The lowest BCUT2D eigenvalue weighted by atomic mass is 10.1. The van der Waals surface area contributed by atoms with Gasteiger partial charge in [0.15, 0.2) is 0 Å². The van der Waals surface area contributed by atoms with Crippen LogP contribution in [0.4, 0.5) is 4.39 Å². The second kappa shape index (κ2) is 6.41. The number of benzene rings is 1. The first-order valence-corrected chi connectivity index (χ1v) is 7.64. The molecule has 0 saturated heterocycles. The fraction of sp³-hybridized carbons (Fsp3) is 0.222. The number of fused-ring (bicyclic) bond motifs is 1. The first-order chi connectivity index (χ1) is 11.5. The van der Waals surface area contributed by atoms with Crippen molar-refractivity contribution in [2.24, 2.45) is 0 Å². The maximum atomic E-state index is 13.2. The quantitative estimate of drug-likeness (QED) is 0.673. The lowest BCUT2D eigenvalue weighted by Gasteiger charge is -2.18. The Labute approximate surface area is 138 Å². The summed E-state index contributed by atoms with van der Waals surface area (Å²) in [5, 5.41) is 12.9. The molecule has 3 rings (SSSR count). The number of nitrogens with zero attached hydrogens (tertiary/aromatic N) is 3. The van der Waals surface area contributed by atoms with E-state index in [2.05, 4.69) is 0 Å². The third-order valence-corrected chi connectivity index (χ3v) is 3.91. The van der Waals surface area contributed by atoms with E-state index in [1.807, 2.05) is 19.0 Å². The number of hydrogen-bond acceptors (Lipinski definition) is 3. The van der Waals surface area contributed by atoms with Crippen molar-refractivity contribution in [3.05, 3.63) is 64.8 Å². The smallest absolute Gasteiger partial charge is 0.349 e. The minimum Gasteiger partial charge on any atom is -0.842 e. The van der Waals surface area contributed by atoms with Crippen molar-refractivity contribution < 1.29 is 14.1 Å². The standard InChI is InChI=1S/C18H18FN3O2/c1-20(2)11-12-22-15-5-3-4-10-21(15)17(23)16(18(22)24)13-6-8-14(19)9-7-13/h3-10H,11-12H2,1-2H3. The zero-order chi connectivity index (χ0) is 17.3. The minimum atomic E-state index is -0.410. The second-order valence-electron chi connectivity index (χ2n) is 5.88. The van der Waals surface area contributed by atoms with Crippen LogP contribution in [0, 0.1) is 5.82 Å². The summed E-state index contributed by atoms with van der Waals surface area (Å²) in [5.74, 6) is -0.771. The fourth-order valence-electron chi connectivity index (χ4n) is 2.66. The molecular formula is C18H18FN3O2. The molecule has 0 amide bonds. The van der Waals surface area contributed by atoms with Gasteiger partial charge in [-0.15, -0.1) is 0 Å². The van der Waals surface area contributed by atoms with Gasteiger partial charge in [0, 0.05) is 12.6 Å². The van der Waals surface area contributed by atoms with E-state index in [-0.39, 0.29) is 11.4 Å². The van der Waals surface area contributed by atoms with E-state index in [0.717, 1.165) is 0 Å². The largest absolute Gasteiger partial charge is 0.842 e. The van der Waals surface area contributed by atoms with Crippen LogP contribution in [0.5, 0.6) is 5.88 Å². The van der Waals surface area contributed by atoms with Gasteiger partial charge in [-0.1, -0.05) is 18.2 Å². The van der Waals surface area contributed by atoms with Crippen LogP contribution in [0.25, 0.3) is 16.8 Å². The third-order valence-electron chi connectivity index (χ3n) is 3.91. The van der Waals surface area contributed by atoms with Crippen molar-refractivity contribution in [1.29, 1.82) is 0 Å². The molecule has 0 N–H and O–H groups in total. The number of rotatable bonds is 4. The molecule has 0 aliphatic carbocycles. The molecule has 0 atom stereocenters. The van der Waals surface area contributed by atoms with E-state index in [1.54, 1.807) is 29.0 Å². The molecule has 0 radical (unpaired) electrons. The average molecular weight is 327 g/mol. The highest BCUT2D eigenvalue weighted by Crippen LogP contribution is 2.21. The molecule has 1 aromatic carbocycles. The molecule has 0 aliphatic rings. The minimum absolute atomic E-state index is 0.0532.